The molecule has 0 radical (unpaired) electrons. The average molecular weight is 403 g/mol. The molecule has 7 nitrogen and oxygen atoms in total. The molecule has 1 N–H and O–H groups in total. The molecule has 134 valence electrons. The van der Waals surface area contributed by atoms with Gasteiger partial charge in [-0.2, -0.15) is 0 Å². The maximum Gasteiger partial charge on any atom is 0.349 e. The highest BCUT2D eigenvalue weighted by Crippen LogP contribution is 2.29. The Morgan fingerprint density at radius 2 is 1.92 bits per heavy atom. The summed E-state index contributed by atoms with van der Waals surface area (Å²) < 4.78 is 32.1. The minimum atomic E-state index is -4.09. The monoisotopic (exact) mass is 402 g/mol. The molecule has 1 heterocycles. The fourth-order valence-electron chi connectivity index (χ4n) is 1.95. The van der Waals surface area contributed by atoms with E-state index in [1.54, 1.807) is 14.1 Å². The number of hydrogen-bond acceptors (Lipinski definition) is 6. The van der Waals surface area contributed by atoms with Crippen molar-refractivity contribution in [1.82, 2.24) is 4.90 Å². The van der Waals surface area contributed by atoms with Gasteiger partial charge in [-0.3, -0.25) is 9.52 Å². The van der Waals surface area contributed by atoms with Gasteiger partial charge in [0.05, 0.1) is 17.8 Å². The quantitative estimate of drug-likeness (QED) is 0.776. The fraction of sp³-hybridized carbons (Fsp3) is 0.200. The van der Waals surface area contributed by atoms with Crippen LogP contribution in [0.2, 0.25) is 5.02 Å². The molecule has 25 heavy (non-hydrogen) atoms. The second kappa shape index (κ2) is 7.42. The Hall–Kier alpha value is -2.10. The lowest BCUT2D eigenvalue weighted by molar-refractivity contribution is 0.0602. The maximum atomic E-state index is 12.6. The molecule has 2 rings (SSSR count). The van der Waals surface area contributed by atoms with Gasteiger partial charge in [-0.25, -0.2) is 13.2 Å². The number of nitrogens with zero attached hydrogens (tertiary/aromatic N) is 1. The van der Waals surface area contributed by atoms with E-state index < -0.39 is 16.0 Å². The number of sulfonamides is 1. The highest BCUT2D eigenvalue weighted by atomic mass is 35.5. The first-order chi connectivity index (χ1) is 11.7. The molecule has 1 aromatic heterocycles. The summed E-state index contributed by atoms with van der Waals surface area (Å²) in [5.74, 6) is -1.05. The number of anilines is 1. The van der Waals surface area contributed by atoms with E-state index in [1.807, 2.05) is 0 Å². The Bertz CT molecular complexity index is 922. The van der Waals surface area contributed by atoms with Crippen LogP contribution in [0.5, 0.6) is 0 Å². The van der Waals surface area contributed by atoms with Crippen molar-refractivity contribution in [1.29, 1.82) is 0 Å². The number of methoxy groups -OCH3 is 1. The summed E-state index contributed by atoms with van der Waals surface area (Å²) in [6.07, 6.45) is 0. The summed E-state index contributed by atoms with van der Waals surface area (Å²) >= 11 is 6.99. The number of nitrogens with one attached hydrogen (secondary N) is 1. The van der Waals surface area contributed by atoms with E-state index in [0.717, 1.165) is 11.3 Å². The molecule has 0 aliphatic rings. The second-order valence-electron chi connectivity index (χ2n) is 5.11. The SMILES string of the molecule is COC(=O)c1sccc1S(=O)(=O)Nc1cc(C(=O)N(C)C)ccc1Cl. The van der Waals surface area contributed by atoms with Crippen LogP contribution < -0.4 is 4.72 Å². The lowest BCUT2D eigenvalue weighted by Crippen LogP contribution is -2.22. The van der Waals surface area contributed by atoms with Gasteiger partial charge in [-0.1, -0.05) is 11.6 Å². The molecule has 0 aliphatic carbocycles. The molecule has 0 spiro atoms. The Balaban J connectivity index is 2.42. The number of carbonyl (C=O) groups excluding carboxylic acids is 2. The number of thiophene rings is 1. The van der Waals surface area contributed by atoms with Crippen LogP contribution in [0.1, 0.15) is 20.0 Å². The van der Waals surface area contributed by atoms with Crippen molar-refractivity contribution in [3.63, 3.8) is 0 Å². The van der Waals surface area contributed by atoms with E-state index in [9.17, 15) is 18.0 Å². The van der Waals surface area contributed by atoms with E-state index >= 15 is 0 Å². The van der Waals surface area contributed by atoms with Gasteiger partial charge in [0.1, 0.15) is 9.77 Å². The van der Waals surface area contributed by atoms with Crippen molar-refractivity contribution in [3.05, 3.63) is 45.1 Å². The minimum Gasteiger partial charge on any atom is -0.465 e. The van der Waals surface area contributed by atoms with Crippen LogP contribution in [-0.4, -0.2) is 46.4 Å². The van der Waals surface area contributed by atoms with E-state index in [4.69, 9.17) is 11.6 Å². The predicted molar refractivity (Wildman–Crippen MR) is 95.9 cm³/mol. The molecule has 2 aromatic rings. The van der Waals surface area contributed by atoms with Gasteiger partial charge in [0.15, 0.2) is 0 Å². The Kier molecular flexibility index (Phi) is 5.71. The highest BCUT2D eigenvalue weighted by Gasteiger charge is 2.25. The van der Waals surface area contributed by atoms with E-state index in [0.29, 0.717) is 0 Å². The molecule has 0 unspecified atom stereocenters. The van der Waals surface area contributed by atoms with Crippen molar-refractivity contribution in [2.75, 3.05) is 25.9 Å². The van der Waals surface area contributed by atoms with Crippen molar-refractivity contribution < 1.29 is 22.7 Å². The molecular formula is C15H15ClN2O5S2. The third-order valence-electron chi connectivity index (χ3n) is 3.15. The lowest BCUT2D eigenvalue weighted by atomic mass is 10.2. The fourth-order valence-corrected chi connectivity index (χ4v) is 4.57. The van der Waals surface area contributed by atoms with Gasteiger partial charge in [-0.15, -0.1) is 11.3 Å². The third-order valence-corrected chi connectivity index (χ3v) is 5.91. The Labute approximate surface area is 154 Å². The van der Waals surface area contributed by atoms with Crippen molar-refractivity contribution in [2.24, 2.45) is 0 Å². The molecular weight excluding hydrogens is 388 g/mol. The number of carbonyl (C=O) groups is 2. The molecule has 10 heteroatoms. The first-order valence-corrected chi connectivity index (χ1v) is 9.61. The van der Waals surface area contributed by atoms with Gasteiger partial charge in [0.2, 0.25) is 0 Å². The second-order valence-corrected chi connectivity index (χ2v) is 8.08. The third kappa shape index (κ3) is 4.12. The van der Waals surface area contributed by atoms with Gasteiger partial charge in [-0.05, 0) is 29.6 Å². The van der Waals surface area contributed by atoms with E-state index in [2.05, 4.69) is 9.46 Å². The average Bonchev–Trinajstić information content (AvgIpc) is 3.05. The molecule has 0 aliphatic heterocycles. The summed E-state index contributed by atoms with van der Waals surface area (Å²) in [6.45, 7) is 0. The van der Waals surface area contributed by atoms with Gasteiger partial charge < -0.3 is 9.64 Å². The van der Waals surface area contributed by atoms with Gasteiger partial charge in [0, 0.05) is 19.7 Å². The first-order valence-electron chi connectivity index (χ1n) is 6.87. The molecule has 0 saturated heterocycles. The summed E-state index contributed by atoms with van der Waals surface area (Å²) in [4.78, 5) is 24.8. The van der Waals surface area contributed by atoms with Crippen LogP contribution in [0.3, 0.4) is 0 Å². The Morgan fingerprint density at radius 3 is 2.52 bits per heavy atom. The predicted octanol–water partition coefficient (Wildman–Crippen LogP) is 2.69. The number of esters is 1. The zero-order valence-corrected chi connectivity index (χ0v) is 16.0. The van der Waals surface area contributed by atoms with Crippen LogP contribution in [0.25, 0.3) is 0 Å². The van der Waals surface area contributed by atoms with E-state index in [-0.39, 0.29) is 32.0 Å². The topological polar surface area (TPSA) is 92.8 Å². The summed E-state index contributed by atoms with van der Waals surface area (Å²) in [5.41, 5.74) is 0.307. The molecule has 0 atom stereocenters. The number of benzene rings is 1. The van der Waals surface area contributed by atoms with Gasteiger partial charge >= 0.3 is 5.97 Å². The van der Waals surface area contributed by atoms with Crippen molar-refractivity contribution in [3.8, 4) is 0 Å². The highest BCUT2D eigenvalue weighted by molar-refractivity contribution is 7.93. The summed E-state index contributed by atoms with van der Waals surface area (Å²) in [5, 5.41) is 1.59. The number of hydrogen-bond donors (Lipinski definition) is 1. The summed E-state index contributed by atoms with van der Waals surface area (Å²) in [6, 6.07) is 5.55. The van der Waals surface area contributed by atoms with Crippen LogP contribution in [0.15, 0.2) is 34.5 Å². The number of ether oxygens (including phenoxy) is 1. The smallest absolute Gasteiger partial charge is 0.349 e. The standard InChI is InChI=1S/C15H15ClN2O5S2/c1-18(2)14(19)9-4-5-10(16)11(8-9)17-25(21,22)12-6-7-24-13(12)15(20)23-3/h4-8,17H,1-3H3. The largest absolute Gasteiger partial charge is 0.465 e. The zero-order chi connectivity index (χ0) is 18.8. The number of rotatable bonds is 5. The molecule has 0 saturated carbocycles. The van der Waals surface area contributed by atoms with Crippen LogP contribution >= 0.6 is 22.9 Å². The molecule has 1 amide bonds. The molecule has 1 aromatic carbocycles. The van der Waals surface area contributed by atoms with Crippen LogP contribution in [0, 0.1) is 0 Å². The lowest BCUT2D eigenvalue weighted by Gasteiger charge is -2.13. The number of halogens is 1. The normalized spacial score (nSPS) is 11.0. The molecule has 0 fully saturated rings. The van der Waals surface area contributed by atoms with Crippen LogP contribution in [0.4, 0.5) is 5.69 Å². The van der Waals surface area contributed by atoms with Crippen molar-refractivity contribution >= 4 is 50.5 Å². The number of amides is 1. The van der Waals surface area contributed by atoms with Gasteiger partial charge in [0.25, 0.3) is 15.9 Å². The minimum absolute atomic E-state index is 0.0383. The molecule has 0 bridgehead atoms. The zero-order valence-electron chi connectivity index (χ0n) is 13.6. The van der Waals surface area contributed by atoms with Crippen molar-refractivity contribution in [2.45, 2.75) is 4.90 Å². The van der Waals surface area contributed by atoms with E-state index in [1.165, 1.54) is 41.7 Å². The maximum absolute atomic E-state index is 12.6. The summed E-state index contributed by atoms with van der Waals surface area (Å²) in [7, 11) is 0.231. The first kappa shape index (κ1) is 19.2. The Morgan fingerprint density at radius 1 is 1.24 bits per heavy atom. The van der Waals surface area contributed by atoms with Crippen LogP contribution in [-0.2, 0) is 14.8 Å².